The van der Waals surface area contributed by atoms with Crippen LogP contribution in [0.25, 0.3) is 0 Å². The molecule has 0 aromatic carbocycles. The number of carbonyl (C=O) groups excluding carboxylic acids is 2. The van der Waals surface area contributed by atoms with E-state index < -0.39 is 67.4 Å². The number of nitrogens with one attached hydrogen (secondary N) is 1. The van der Waals surface area contributed by atoms with Crippen molar-refractivity contribution in [2.45, 2.75) is 314 Å². The Hall–Kier alpha value is -3.42. The van der Waals surface area contributed by atoms with Crippen molar-refractivity contribution in [3.8, 4) is 0 Å². The fourth-order valence-electron chi connectivity index (χ4n) is 9.66. The van der Waals surface area contributed by atoms with E-state index in [2.05, 4.69) is 111 Å². The molecule has 1 aliphatic rings. The van der Waals surface area contributed by atoms with Crippen molar-refractivity contribution in [3.05, 3.63) is 97.2 Å². The summed E-state index contributed by atoms with van der Waals surface area (Å²) in [5, 5.41) is 57.0. The highest BCUT2D eigenvalue weighted by atomic mass is 16.7. The molecule has 1 fully saturated rings. The molecule has 0 spiro atoms. The van der Waals surface area contributed by atoms with E-state index in [0.29, 0.717) is 12.8 Å². The summed E-state index contributed by atoms with van der Waals surface area (Å²) in [6.45, 7) is 5.56. The molecule has 11 nitrogen and oxygen atoms in total. The molecular formula is C69H119NO10. The summed E-state index contributed by atoms with van der Waals surface area (Å²) >= 11 is 0. The summed E-state index contributed by atoms with van der Waals surface area (Å²) in [5.41, 5.74) is 0. The molecule has 0 saturated carbocycles. The second-order valence-electron chi connectivity index (χ2n) is 22.1. The van der Waals surface area contributed by atoms with Crippen molar-refractivity contribution in [1.29, 1.82) is 0 Å². The maximum Gasteiger partial charge on any atom is 0.306 e. The third-order valence-electron chi connectivity index (χ3n) is 14.7. The molecule has 6 N–H and O–H groups in total. The number of hydrogen-bond acceptors (Lipinski definition) is 10. The van der Waals surface area contributed by atoms with Gasteiger partial charge in [-0.25, -0.2) is 0 Å². The van der Waals surface area contributed by atoms with Gasteiger partial charge in [0.1, 0.15) is 24.4 Å². The van der Waals surface area contributed by atoms with Crippen LogP contribution in [0.4, 0.5) is 0 Å². The van der Waals surface area contributed by atoms with Crippen LogP contribution in [-0.4, -0.2) is 99.6 Å². The first-order chi connectivity index (χ1) is 39.2. The Morgan fingerprint density at radius 1 is 0.500 bits per heavy atom. The molecular weight excluding hydrogens is 1000 g/mol. The topological polar surface area (TPSA) is 175 Å². The summed E-state index contributed by atoms with van der Waals surface area (Å²) in [7, 11) is 0. The quantitative estimate of drug-likeness (QED) is 0.0195. The maximum absolute atomic E-state index is 13.4. The van der Waals surface area contributed by atoms with Gasteiger partial charge in [0.05, 0.1) is 25.4 Å². The number of unbranched alkanes of at least 4 members (excludes halogenated alkanes) is 26. The molecule has 460 valence electrons. The SMILES string of the molecule is CC/C=C\C/C=C\C/C=C\C/C=C\C/C=C\CCCCCCCCCCCCC(O)C(=O)NC(COC1OC(CO)C(O)C(O)C1OC(=O)CCCCCCCCC/C=C/C/C=C/CC)C(O)/C=C/CCCCCCCCCCC. The Kier molecular flexibility index (Phi) is 52.3. The van der Waals surface area contributed by atoms with Crippen molar-refractivity contribution in [3.63, 3.8) is 0 Å². The van der Waals surface area contributed by atoms with E-state index in [1.807, 2.05) is 6.08 Å². The highest BCUT2D eigenvalue weighted by Gasteiger charge is 2.47. The van der Waals surface area contributed by atoms with E-state index in [0.717, 1.165) is 122 Å². The van der Waals surface area contributed by atoms with E-state index in [1.54, 1.807) is 6.08 Å². The largest absolute Gasteiger partial charge is 0.454 e. The van der Waals surface area contributed by atoms with Gasteiger partial charge >= 0.3 is 5.97 Å². The van der Waals surface area contributed by atoms with Crippen LogP contribution in [0, 0.1) is 0 Å². The summed E-state index contributed by atoms with van der Waals surface area (Å²) in [5.74, 6) is -1.21. The van der Waals surface area contributed by atoms with Gasteiger partial charge in [0.2, 0.25) is 5.91 Å². The molecule has 8 atom stereocenters. The molecule has 1 amide bonds. The molecule has 0 bridgehead atoms. The van der Waals surface area contributed by atoms with E-state index >= 15 is 0 Å². The van der Waals surface area contributed by atoms with Crippen molar-refractivity contribution in [2.75, 3.05) is 13.2 Å². The van der Waals surface area contributed by atoms with Gasteiger partial charge in [-0.3, -0.25) is 9.59 Å². The summed E-state index contributed by atoms with van der Waals surface area (Å²) in [6.07, 6.45) is 64.5. The van der Waals surface area contributed by atoms with Crippen molar-refractivity contribution >= 4 is 11.9 Å². The first-order valence-corrected chi connectivity index (χ1v) is 32.5. The van der Waals surface area contributed by atoms with Crippen LogP contribution in [-0.2, 0) is 23.8 Å². The molecule has 1 heterocycles. The number of aliphatic hydroxyl groups excluding tert-OH is 5. The molecule has 8 unspecified atom stereocenters. The third kappa shape index (κ3) is 43.3. The van der Waals surface area contributed by atoms with Crippen LogP contribution in [0.3, 0.4) is 0 Å². The molecule has 1 rings (SSSR count). The normalized spacial score (nSPS) is 19.4. The minimum absolute atomic E-state index is 0.111. The highest BCUT2D eigenvalue weighted by Crippen LogP contribution is 2.26. The Morgan fingerprint density at radius 2 is 0.900 bits per heavy atom. The Bertz CT molecular complexity index is 1670. The van der Waals surface area contributed by atoms with Crippen molar-refractivity contribution in [2.24, 2.45) is 0 Å². The number of amides is 1. The lowest BCUT2D eigenvalue weighted by molar-refractivity contribution is -0.305. The number of carbonyl (C=O) groups is 2. The molecule has 1 saturated heterocycles. The van der Waals surface area contributed by atoms with Crippen LogP contribution in [0.1, 0.15) is 265 Å². The third-order valence-corrected chi connectivity index (χ3v) is 14.7. The Morgan fingerprint density at radius 3 is 1.35 bits per heavy atom. The smallest absolute Gasteiger partial charge is 0.306 e. The average Bonchev–Trinajstić information content (AvgIpc) is 3.46. The van der Waals surface area contributed by atoms with Crippen LogP contribution in [0.5, 0.6) is 0 Å². The molecule has 80 heavy (non-hydrogen) atoms. The van der Waals surface area contributed by atoms with Gasteiger partial charge in [-0.1, -0.05) is 259 Å². The number of rotatable bonds is 54. The van der Waals surface area contributed by atoms with Crippen LogP contribution in [0.2, 0.25) is 0 Å². The predicted octanol–water partition coefficient (Wildman–Crippen LogP) is 15.9. The number of esters is 1. The van der Waals surface area contributed by atoms with Crippen LogP contribution >= 0.6 is 0 Å². The van der Waals surface area contributed by atoms with Gasteiger partial charge in [0, 0.05) is 6.42 Å². The van der Waals surface area contributed by atoms with Crippen LogP contribution in [0.15, 0.2) is 97.2 Å². The maximum atomic E-state index is 13.4. The lowest BCUT2D eigenvalue weighted by atomic mass is 9.99. The lowest BCUT2D eigenvalue weighted by Gasteiger charge is -2.41. The molecule has 0 aliphatic carbocycles. The fourth-order valence-corrected chi connectivity index (χ4v) is 9.66. The highest BCUT2D eigenvalue weighted by molar-refractivity contribution is 5.80. The second-order valence-corrected chi connectivity index (χ2v) is 22.1. The number of aliphatic hydroxyl groups is 5. The minimum Gasteiger partial charge on any atom is -0.454 e. The fraction of sp³-hybridized carbons (Fsp3) is 0.739. The molecule has 0 radical (unpaired) electrons. The van der Waals surface area contributed by atoms with Crippen molar-refractivity contribution in [1.82, 2.24) is 5.32 Å². The Labute approximate surface area is 488 Å². The van der Waals surface area contributed by atoms with Gasteiger partial charge in [0.25, 0.3) is 0 Å². The number of ether oxygens (including phenoxy) is 3. The zero-order valence-corrected chi connectivity index (χ0v) is 50.9. The van der Waals surface area contributed by atoms with Gasteiger partial charge in [-0.05, 0) is 96.3 Å². The van der Waals surface area contributed by atoms with Crippen LogP contribution < -0.4 is 5.32 Å². The van der Waals surface area contributed by atoms with Crippen molar-refractivity contribution < 1.29 is 49.3 Å². The molecule has 0 aromatic rings. The Balaban J connectivity index is 2.59. The minimum atomic E-state index is -1.62. The predicted molar refractivity (Wildman–Crippen MR) is 333 cm³/mol. The van der Waals surface area contributed by atoms with E-state index in [4.69, 9.17) is 14.2 Å². The first-order valence-electron chi connectivity index (χ1n) is 32.5. The van der Waals surface area contributed by atoms with E-state index in [9.17, 15) is 35.1 Å². The summed E-state index contributed by atoms with van der Waals surface area (Å²) in [6, 6.07) is -1.03. The van der Waals surface area contributed by atoms with E-state index in [1.165, 1.54) is 96.3 Å². The molecule has 11 heteroatoms. The lowest BCUT2D eigenvalue weighted by Crippen LogP contribution is -2.61. The number of allylic oxidation sites excluding steroid dienone is 15. The summed E-state index contributed by atoms with van der Waals surface area (Å²) in [4.78, 5) is 26.6. The molecule has 1 aliphatic heterocycles. The monoisotopic (exact) mass is 1120 g/mol. The van der Waals surface area contributed by atoms with Gasteiger partial charge < -0.3 is 45.1 Å². The van der Waals surface area contributed by atoms with Gasteiger partial charge in [-0.15, -0.1) is 0 Å². The zero-order chi connectivity index (χ0) is 58.2. The average molecular weight is 1120 g/mol. The standard InChI is InChI=1S/C69H119NO10/c1-4-7-10-13-16-19-22-24-26-27-28-29-30-31-32-33-34-35-36-37-38-41-44-47-50-53-56-62(73)68(77)70-60(61(72)55-52-49-46-43-40-21-18-15-12-9-6-3)59-78-69-67(66(76)65(75)63(58-71)79-69)80-64(74)57-54-51-48-45-42-39-25-23-20-17-14-11-8-5-2/h7-8,10-11,16-17,19-20,24,26,28-29,31-32,52,55,60-63,65-67,69,71-73,75-76H,4-6,9,12-15,18,21-23,25,27,30,33-51,53-54,56-59H2,1-3H3,(H,70,77)/b10-7-,11-8+,19-16-,20-17+,26-24-,29-28-,32-31-,55-52+. The molecule has 0 aromatic heterocycles. The van der Waals surface area contributed by atoms with Gasteiger partial charge in [-0.2, -0.15) is 0 Å². The zero-order valence-electron chi connectivity index (χ0n) is 50.9. The van der Waals surface area contributed by atoms with E-state index in [-0.39, 0.29) is 19.4 Å². The second kappa shape index (κ2) is 56.1. The van der Waals surface area contributed by atoms with Gasteiger partial charge in [0.15, 0.2) is 12.4 Å². The first kappa shape index (κ1) is 74.6. The number of hydrogen-bond donors (Lipinski definition) is 6. The summed E-state index contributed by atoms with van der Waals surface area (Å²) < 4.78 is 17.6.